The van der Waals surface area contributed by atoms with Gasteiger partial charge in [-0.25, -0.2) is 0 Å². The summed E-state index contributed by atoms with van der Waals surface area (Å²) in [5.74, 6) is 0.186. The highest BCUT2D eigenvalue weighted by Crippen LogP contribution is 2.23. The number of amides is 1. The molecule has 1 rings (SSSR count). The minimum atomic E-state index is -0.185. The van der Waals surface area contributed by atoms with Gasteiger partial charge in [0, 0.05) is 24.1 Å². The van der Waals surface area contributed by atoms with Crippen molar-refractivity contribution >= 4 is 21.8 Å². The van der Waals surface area contributed by atoms with Gasteiger partial charge < -0.3 is 5.73 Å². The second-order valence-corrected chi connectivity index (χ2v) is 4.82. The highest BCUT2D eigenvalue weighted by molar-refractivity contribution is 9.11. The summed E-state index contributed by atoms with van der Waals surface area (Å²) in [6, 6.07) is 0. The maximum atomic E-state index is 11.0. The first-order valence-corrected chi connectivity index (χ1v) is 5.15. The number of carbonyl (C=O) groups is 1. The molecule has 4 heteroatoms. The fourth-order valence-corrected chi connectivity index (χ4v) is 2.16. The molecule has 13 heavy (non-hydrogen) atoms. The van der Waals surface area contributed by atoms with Crippen LogP contribution in [0.3, 0.4) is 0 Å². The molecule has 1 aliphatic rings. The van der Waals surface area contributed by atoms with Crippen molar-refractivity contribution in [1.29, 1.82) is 0 Å². The van der Waals surface area contributed by atoms with E-state index in [1.54, 1.807) is 0 Å². The predicted octanol–water partition coefficient (Wildman–Crippen LogP) is 0.948. The second-order valence-electron chi connectivity index (χ2n) is 3.70. The van der Waals surface area contributed by atoms with E-state index in [1.807, 2.05) is 0 Å². The Morgan fingerprint density at radius 3 is 2.69 bits per heavy atom. The number of likely N-dealkylation sites (tertiary alicyclic amines) is 1. The van der Waals surface area contributed by atoms with Crippen LogP contribution in [0.4, 0.5) is 0 Å². The summed E-state index contributed by atoms with van der Waals surface area (Å²) in [5, 5.41) is 0. The molecule has 0 aliphatic carbocycles. The molecular weight excluding hydrogens is 232 g/mol. The number of nitrogens with two attached hydrogens (primary N) is 1. The predicted molar refractivity (Wildman–Crippen MR) is 56.4 cm³/mol. The van der Waals surface area contributed by atoms with Crippen molar-refractivity contribution in [3.63, 3.8) is 0 Å². The molecule has 0 bridgehead atoms. The van der Waals surface area contributed by atoms with Crippen molar-refractivity contribution in [1.82, 2.24) is 4.90 Å². The van der Waals surface area contributed by atoms with Gasteiger partial charge in [-0.15, -0.1) is 0 Å². The molecule has 0 aromatic rings. The molecule has 0 spiro atoms. The topological polar surface area (TPSA) is 46.3 Å². The summed E-state index contributed by atoms with van der Waals surface area (Å²) < 4.78 is 0.949. The Labute approximate surface area is 87.1 Å². The molecule has 0 unspecified atom stereocenters. The van der Waals surface area contributed by atoms with Crippen molar-refractivity contribution < 1.29 is 4.79 Å². The highest BCUT2D eigenvalue weighted by Gasteiger charge is 2.32. The quantitative estimate of drug-likeness (QED) is 0.807. The van der Waals surface area contributed by atoms with Gasteiger partial charge in [-0.1, -0.05) is 29.4 Å². The van der Waals surface area contributed by atoms with E-state index in [0.29, 0.717) is 5.92 Å². The van der Waals surface area contributed by atoms with Gasteiger partial charge in [0.1, 0.15) is 0 Å². The SMILES string of the molecule is C=C(Br)CN1C[C@@H](C)[C@H](C(N)=O)C1. The number of nitrogens with zero attached hydrogens (tertiary/aromatic N) is 1. The van der Waals surface area contributed by atoms with Crippen LogP contribution in [-0.2, 0) is 4.79 Å². The number of primary amides is 1. The van der Waals surface area contributed by atoms with E-state index in [9.17, 15) is 4.79 Å². The summed E-state index contributed by atoms with van der Waals surface area (Å²) in [4.78, 5) is 13.2. The van der Waals surface area contributed by atoms with Gasteiger partial charge in [0.05, 0.1) is 5.92 Å². The fraction of sp³-hybridized carbons (Fsp3) is 0.667. The zero-order valence-electron chi connectivity index (χ0n) is 7.79. The van der Waals surface area contributed by atoms with Crippen LogP contribution in [0.2, 0.25) is 0 Å². The Morgan fingerprint density at radius 1 is 1.69 bits per heavy atom. The second kappa shape index (κ2) is 4.24. The molecule has 74 valence electrons. The number of hydrogen-bond acceptors (Lipinski definition) is 2. The number of hydrogen-bond donors (Lipinski definition) is 1. The average molecular weight is 247 g/mol. The van der Waals surface area contributed by atoms with Gasteiger partial charge in [0.2, 0.25) is 5.91 Å². The van der Waals surface area contributed by atoms with Crippen LogP contribution >= 0.6 is 15.9 Å². The van der Waals surface area contributed by atoms with Crippen LogP contribution in [0, 0.1) is 11.8 Å². The first kappa shape index (κ1) is 10.7. The highest BCUT2D eigenvalue weighted by atomic mass is 79.9. The van der Waals surface area contributed by atoms with Gasteiger partial charge in [0.25, 0.3) is 0 Å². The van der Waals surface area contributed by atoms with Crippen molar-refractivity contribution in [3.05, 3.63) is 11.1 Å². The van der Waals surface area contributed by atoms with E-state index >= 15 is 0 Å². The van der Waals surface area contributed by atoms with Crippen molar-refractivity contribution in [2.75, 3.05) is 19.6 Å². The van der Waals surface area contributed by atoms with Crippen LogP contribution in [0.1, 0.15) is 6.92 Å². The Morgan fingerprint density at radius 2 is 2.31 bits per heavy atom. The summed E-state index contributed by atoms with van der Waals surface area (Å²) in [5.41, 5.74) is 5.28. The summed E-state index contributed by atoms with van der Waals surface area (Å²) in [6.07, 6.45) is 0. The van der Waals surface area contributed by atoms with E-state index in [2.05, 4.69) is 34.3 Å². The molecule has 0 aromatic heterocycles. The first-order valence-electron chi connectivity index (χ1n) is 4.35. The molecule has 2 atom stereocenters. The van der Waals surface area contributed by atoms with Gasteiger partial charge in [-0.3, -0.25) is 9.69 Å². The molecule has 1 amide bonds. The first-order chi connectivity index (χ1) is 6.00. The van der Waals surface area contributed by atoms with Crippen LogP contribution in [0.25, 0.3) is 0 Å². The largest absolute Gasteiger partial charge is 0.369 e. The van der Waals surface area contributed by atoms with E-state index in [0.717, 1.165) is 24.1 Å². The third-order valence-electron chi connectivity index (χ3n) is 2.45. The fourth-order valence-electron chi connectivity index (χ4n) is 1.81. The molecule has 1 aliphatic heterocycles. The monoisotopic (exact) mass is 246 g/mol. The normalized spacial score (nSPS) is 29.1. The van der Waals surface area contributed by atoms with Crippen LogP contribution in [0.5, 0.6) is 0 Å². The van der Waals surface area contributed by atoms with Gasteiger partial charge >= 0.3 is 0 Å². The molecule has 3 nitrogen and oxygen atoms in total. The zero-order chi connectivity index (χ0) is 10.0. The zero-order valence-corrected chi connectivity index (χ0v) is 9.38. The molecule has 0 saturated carbocycles. The Hall–Kier alpha value is -0.350. The Kier molecular flexibility index (Phi) is 3.50. The minimum Gasteiger partial charge on any atom is -0.369 e. The van der Waals surface area contributed by atoms with E-state index in [4.69, 9.17) is 5.73 Å². The van der Waals surface area contributed by atoms with Gasteiger partial charge in [-0.2, -0.15) is 0 Å². The van der Waals surface area contributed by atoms with Gasteiger partial charge in [-0.05, 0) is 5.92 Å². The van der Waals surface area contributed by atoms with Crippen LogP contribution in [-0.4, -0.2) is 30.4 Å². The molecular formula is C9H15BrN2O. The molecule has 1 fully saturated rings. The molecule has 2 N–H and O–H groups in total. The summed E-state index contributed by atoms with van der Waals surface area (Å²) in [6.45, 7) is 8.33. The van der Waals surface area contributed by atoms with E-state index in [1.165, 1.54) is 0 Å². The maximum Gasteiger partial charge on any atom is 0.222 e. The Bertz CT molecular complexity index is 230. The molecule has 0 radical (unpaired) electrons. The third-order valence-corrected chi connectivity index (χ3v) is 2.70. The lowest BCUT2D eigenvalue weighted by molar-refractivity contribution is -0.122. The van der Waals surface area contributed by atoms with Crippen molar-refractivity contribution in [2.45, 2.75) is 6.92 Å². The Balaban J connectivity index is 2.50. The molecule has 0 aromatic carbocycles. The maximum absolute atomic E-state index is 11.0. The number of halogens is 1. The average Bonchev–Trinajstić information content (AvgIpc) is 2.29. The van der Waals surface area contributed by atoms with Gasteiger partial charge in [0.15, 0.2) is 0 Å². The smallest absolute Gasteiger partial charge is 0.222 e. The lowest BCUT2D eigenvalue weighted by Gasteiger charge is -2.13. The standard InChI is InChI=1S/C9H15BrN2O/c1-6-3-12(4-7(2)10)5-8(6)9(11)13/h6,8H,2-5H2,1H3,(H2,11,13)/t6-,8-/m1/s1. The molecule has 1 heterocycles. The van der Waals surface area contributed by atoms with Crippen molar-refractivity contribution in [2.24, 2.45) is 17.6 Å². The number of carbonyl (C=O) groups excluding carboxylic acids is 1. The summed E-state index contributed by atoms with van der Waals surface area (Å²) >= 11 is 3.31. The number of rotatable bonds is 3. The van der Waals surface area contributed by atoms with Crippen LogP contribution in [0.15, 0.2) is 11.1 Å². The third kappa shape index (κ3) is 2.81. The lowest BCUT2D eigenvalue weighted by atomic mass is 9.98. The minimum absolute atomic E-state index is 0.00634. The van der Waals surface area contributed by atoms with E-state index < -0.39 is 0 Å². The van der Waals surface area contributed by atoms with Crippen molar-refractivity contribution in [3.8, 4) is 0 Å². The lowest BCUT2D eigenvalue weighted by Crippen LogP contribution is -2.29. The summed E-state index contributed by atoms with van der Waals surface area (Å²) in [7, 11) is 0. The van der Waals surface area contributed by atoms with E-state index in [-0.39, 0.29) is 11.8 Å². The van der Waals surface area contributed by atoms with Crippen LogP contribution < -0.4 is 5.73 Å². The molecule has 1 saturated heterocycles.